The van der Waals surface area contributed by atoms with E-state index >= 15 is 0 Å². The molecule has 2 aliphatic heterocycles. The molecule has 2 saturated heterocycles. The molecule has 1 aromatic heterocycles. The lowest BCUT2D eigenvalue weighted by molar-refractivity contribution is -0.193. The first-order valence-electron chi connectivity index (χ1n) is 11.4. The summed E-state index contributed by atoms with van der Waals surface area (Å²) in [5.41, 5.74) is 0. The maximum Gasteiger partial charge on any atom is 0.490 e. The highest BCUT2D eigenvalue weighted by atomic mass is 19.4. The van der Waals surface area contributed by atoms with Crippen molar-refractivity contribution in [2.75, 3.05) is 32.9 Å². The summed E-state index contributed by atoms with van der Waals surface area (Å²) in [7, 11) is 0. The first-order chi connectivity index (χ1) is 17.3. The second kappa shape index (κ2) is 13.8. The van der Waals surface area contributed by atoms with Crippen molar-refractivity contribution < 1.29 is 60.4 Å². The second-order valence-corrected chi connectivity index (χ2v) is 8.46. The SMILES string of the molecule is O=C(O)C(F)(F)F.O=C(O)C(F)(F)F.c1ccc(O[C@@H]2CC[C@H]3[C@H]2OCCN3CC2CCOCC2)nc1. The van der Waals surface area contributed by atoms with Gasteiger partial charge in [0.2, 0.25) is 5.88 Å². The lowest BCUT2D eigenvalue weighted by Gasteiger charge is -2.41. The highest BCUT2D eigenvalue weighted by Gasteiger charge is 2.44. The van der Waals surface area contributed by atoms with Crippen LogP contribution in [0.1, 0.15) is 25.7 Å². The fourth-order valence-electron chi connectivity index (χ4n) is 4.18. The summed E-state index contributed by atoms with van der Waals surface area (Å²) < 4.78 is 81.1. The number of fused-ring (bicyclic) bond motifs is 1. The normalized spacial score (nSPS) is 24.5. The van der Waals surface area contributed by atoms with Crippen molar-refractivity contribution in [3.63, 3.8) is 0 Å². The molecule has 3 atom stereocenters. The number of morpholine rings is 1. The molecule has 0 amide bonds. The van der Waals surface area contributed by atoms with Crippen molar-refractivity contribution >= 4 is 11.9 Å². The molecule has 3 heterocycles. The van der Waals surface area contributed by atoms with E-state index in [1.165, 1.54) is 19.4 Å². The highest BCUT2D eigenvalue weighted by molar-refractivity contribution is 5.73. The Hall–Kier alpha value is -2.65. The highest BCUT2D eigenvalue weighted by Crippen LogP contribution is 2.33. The summed E-state index contributed by atoms with van der Waals surface area (Å²) in [5.74, 6) is -4.03. The predicted molar refractivity (Wildman–Crippen MR) is 114 cm³/mol. The molecule has 2 N–H and O–H groups in total. The summed E-state index contributed by atoms with van der Waals surface area (Å²) in [6, 6.07) is 6.31. The molecule has 0 bridgehead atoms. The molecular weight excluding hydrogens is 518 g/mol. The minimum Gasteiger partial charge on any atom is -0.475 e. The molecule has 0 aromatic carbocycles. The average molecular weight is 546 g/mol. The van der Waals surface area contributed by atoms with Crippen LogP contribution in [-0.4, -0.2) is 95.5 Å². The van der Waals surface area contributed by atoms with Gasteiger partial charge in [-0.1, -0.05) is 6.07 Å². The fourth-order valence-corrected chi connectivity index (χ4v) is 4.18. The van der Waals surface area contributed by atoms with Gasteiger partial charge in [0.25, 0.3) is 0 Å². The number of halogens is 6. The molecule has 210 valence electrons. The number of carbonyl (C=O) groups is 2. The van der Waals surface area contributed by atoms with Crippen LogP contribution in [0.3, 0.4) is 0 Å². The van der Waals surface area contributed by atoms with Crippen LogP contribution in [0.4, 0.5) is 26.3 Å². The van der Waals surface area contributed by atoms with Gasteiger partial charge < -0.3 is 24.4 Å². The topological polar surface area (TPSA) is 118 Å². The molecule has 1 saturated carbocycles. The molecule has 1 aromatic rings. The van der Waals surface area contributed by atoms with Gasteiger partial charge in [-0.05, 0) is 37.7 Å². The van der Waals surface area contributed by atoms with Gasteiger partial charge in [-0.25, -0.2) is 14.6 Å². The zero-order chi connectivity index (χ0) is 27.6. The number of hydrogen-bond donors (Lipinski definition) is 2. The van der Waals surface area contributed by atoms with Crippen molar-refractivity contribution in [1.29, 1.82) is 0 Å². The van der Waals surface area contributed by atoms with E-state index in [9.17, 15) is 26.3 Å². The van der Waals surface area contributed by atoms with Crippen molar-refractivity contribution in [1.82, 2.24) is 9.88 Å². The number of ether oxygens (including phenoxy) is 3. The van der Waals surface area contributed by atoms with E-state index in [2.05, 4.69) is 9.88 Å². The average Bonchev–Trinajstić information content (AvgIpc) is 3.24. The molecule has 3 aliphatic rings. The lowest BCUT2D eigenvalue weighted by Crippen LogP contribution is -2.53. The maximum atomic E-state index is 10.6. The van der Waals surface area contributed by atoms with Crippen LogP contribution in [0.15, 0.2) is 24.4 Å². The zero-order valence-corrected chi connectivity index (χ0v) is 19.6. The van der Waals surface area contributed by atoms with E-state index in [1.807, 2.05) is 18.2 Å². The third-order valence-electron chi connectivity index (χ3n) is 5.88. The van der Waals surface area contributed by atoms with Crippen LogP contribution in [0, 0.1) is 5.92 Å². The second-order valence-electron chi connectivity index (χ2n) is 8.46. The molecule has 0 unspecified atom stereocenters. The molecule has 3 fully saturated rings. The number of carboxylic acids is 2. The molecule has 0 spiro atoms. The molecule has 0 radical (unpaired) electrons. The Bertz CT molecular complexity index is 826. The Labute approximate surface area is 208 Å². The number of alkyl halides is 6. The molecular formula is C22H28F6N2O7. The van der Waals surface area contributed by atoms with Crippen molar-refractivity contribution in [3.05, 3.63) is 24.4 Å². The lowest BCUT2D eigenvalue weighted by atomic mass is 9.98. The summed E-state index contributed by atoms with van der Waals surface area (Å²) >= 11 is 0. The van der Waals surface area contributed by atoms with Crippen molar-refractivity contribution in [2.24, 2.45) is 5.92 Å². The minimum absolute atomic E-state index is 0.132. The smallest absolute Gasteiger partial charge is 0.475 e. The maximum absolute atomic E-state index is 10.6. The largest absolute Gasteiger partial charge is 0.490 e. The zero-order valence-electron chi connectivity index (χ0n) is 19.6. The monoisotopic (exact) mass is 546 g/mol. The van der Waals surface area contributed by atoms with E-state index in [-0.39, 0.29) is 12.2 Å². The van der Waals surface area contributed by atoms with E-state index in [4.69, 9.17) is 34.0 Å². The van der Waals surface area contributed by atoms with Crippen molar-refractivity contribution in [2.45, 2.75) is 56.3 Å². The van der Waals surface area contributed by atoms with Gasteiger partial charge in [0.1, 0.15) is 12.2 Å². The molecule has 1 aliphatic carbocycles. The quantitative estimate of drug-likeness (QED) is 0.548. The number of hydrogen-bond acceptors (Lipinski definition) is 7. The van der Waals surface area contributed by atoms with E-state index in [0.717, 1.165) is 45.1 Å². The molecule has 9 nitrogen and oxygen atoms in total. The molecule has 4 rings (SSSR count). The first kappa shape index (κ1) is 30.6. The summed E-state index contributed by atoms with van der Waals surface area (Å²) in [4.78, 5) is 24.7. The number of aliphatic carboxylic acids is 2. The van der Waals surface area contributed by atoms with E-state index < -0.39 is 24.3 Å². The third-order valence-corrected chi connectivity index (χ3v) is 5.88. The summed E-state index contributed by atoms with van der Waals surface area (Å²) in [6.45, 7) is 4.90. The van der Waals surface area contributed by atoms with Crippen molar-refractivity contribution in [3.8, 4) is 5.88 Å². The molecule has 37 heavy (non-hydrogen) atoms. The number of pyridine rings is 1. The fraction of sp³-hybridized carbons (Fsp3) is 0.682. The van der Waals surface area contributed by atoms with Gasteiger partial charge in [-0.3, -0.25) is 4.90 Å². The predicted octanol–water partition coefficient (Wildman–Crippen LogP) is 3.39. The Morgan fingerprint density at radius 3 is 2.08 bits per heavy atom. The van der Waals surface area contributed by atoms with Crippen LogP contribution < -0.4 is 4.74 Å². The number of nitrogens with zero attached hydrogens (tertiary/aromatic N) is 2. The Balaban J connectivity index is 0.000000286. The Morgan fingerprint density at radius 1 is 0.973 bits per heavy atom. The third kappa shape index (κ3) is 10.3. The van der Waals surface area contributed by atoms with Crippen LogP contribution in [0.5, 0.6) is 5.88 Å². The van der Waals surface area contributed by atoms with E-state index in [0.29, 0.717) is 11.9 Å². The standard InChI is InChI=1S/C18H26N2O3.2C2HF3O2/c1-2-8-19-17(3-1)23-16-5-4-15-18(16)22-12-9-20(15)13-14-6-10-21-11-7-14;2*3-2(4,5)1(6)7/h1-3,8,14-16,18H,4-7,9-13H2;2*(H,6,7)/t15-,16+,18+;;/m0../s1. The number of carboxylic acid groups (broad SMARTS) is 2. The number of aromatic nitrogens is 1. The molecule has 15 heteroatoms. The van der Waals surface area contributed by atoms with Gasteiger partial charge in [-0.15, -0.1) is 0 Å². The van der Waals surface area contributed by atoms with Gasteiger partial charge in [0.05, 0.1) is 6.61 Å². The Kier molecular flexibility index (Phi) is 11.4. The summed E-state index contributed by atoms with van der Waals surface area (Å²) in [6.07, 6.45) is -3.47. The first-order valence-corrected chi connectivity index (χ1v) is 11.4. The van der Waals surface area contributed by atoms with Crippen LogP contribution in [-0.2, 0) is 19.1 Å². The van der Waals surface area contributed by atoms with Crippen LogP contribution in [0.2, 0.25) is 0 Å². The Morgan fingerprint density at radius 2 is 1.57 bits per heavy atom. The van der Waals surface area contributed by atoms with Gasteiger partial charge in [0.15, 0.2) is 0 Å². The van der Waals surface area contributed by atoms with Crippen LogP contribution >= 0.6 is 0 Å². The van der Waals surface area contributed by atoms with Crippen LogP contribution in [0.25, 0.3) is 0 Å². The van der Waals surface area contributed by atoms with Gasteiger partial charge >= 0.3 is 24.3 Å². The minimum atomic E-state index is -5.08. The van der Waals surface area contributed by atoms with E-state index in [1.54, 1.807) is 6.20 Å². The summed E-state index contributed by atoms with van der Waals surface area (Å²) in [5, 5.41) is 14.2. The van der Waals surface area contributed by atoms with Gasteiger partial charge in [-0.2, -0.15) is 26.3 Å². The number of rotatable bonds is 4. The van der Waals surface area contributed by atoms with Gasteiger partial charge in [0, 0.05) is 44.6 Å².